The molecule has 0 saturated carbocycles. The highest BCUT2D eigenvalue weighted by Crippen LogP contribution is 2.23. The van der Waals surface area contributed by atoms with Crippen LogP contribution in [0.3, 0.4) is 0 Å². The lowest BCUT2D eigenvalue weighted by Gasteiger charge is -2.19. The van der Waals surface area contributed by atoms with Crippen molar-refractivity contribution in [1.82, 2.24) is 0 Å². The molecule has 0 amide bonds. The van der Waals surface area contributed by atoms with Crippen molar-refractivity contribution in [2.45, 2.75) is 482 Å². The van der Waals surface area contributed by atoms with Gasteiger partial charge in [0.05, 0.1) is 18.1 Å². The van der Waals surface area contributed by atoms with Crippen LogP contribution >= 0.6 is 0 Å². The molecule has 0 heterocycles. The maximum absolute atomic E-state index is 12.3. The molecule has 0 aromatic rings. The van der Waals surface area contributed by atoms with Crippen LogP contribution in [0.1, 0.15) is 470 Å². The van der Waals surface area contributed by atoms with Gasteiger partial charge in [-0.3, -0.25) is 9.59 Å². The number of rotatable bonds is 75. The number of carbonyl (C=O) groups is 2. The Kier molecular flexibility index (Phi) is 72.2. The van der Waals surface area contributed by atoms with E-state index in [1.54, 1.807) is 0 Å². The molecule has 3 atom stereocenters. The number of allylic oxidation sites excluding steroid dienone is 2. The molecule has 2 N–H and O–H groups in total. The first-order valence-electron chi connectivity index (χ1n) is 39.7. The van der Waals surface area contributed by atoms with E-state index in [2.05, 4.69) is 32.9 Å². The number of carbonyl (C=O) groups excluding carboxylic acids is 1. The van der Waals surface area contributed by atoms with Crippen molar-refractivity contribution in [2.24, 2.45) is 5.92 Å². The van der Waals surface area contributed by atoms with Gasteiger partial charge in [-0.25, -0.2) is 0 Å². The number of unbranched alkanes of at least 4 members (excludes halogenated alkanes) is 62. The highest BCUT2D eigenvalue weighted by atomic mass is 16.5. The highest BCUT2D eigenvalue weighted by Gasteiger charge is 2.25. The summed E-state index contributed by atoms with van der Waals surface area (Å²) in [5, 5.41) is 20.5. The SMILES string of the molecule is CCCCCCCCCCCCCCCCCCCCCCCCCC(C(=O)O)C(O)CCCCCCCCCCCCCCCCC/C=C/CCCCCCCCCCCCC(=O)OC(C)CCCCCCCCCCCCCCCCCC. The zero-order valence-corrected chi connectivity index (χ0v) is 58.5. The number of carboxylic acids is 1. The Morgan fingerprint density at radius 1 is 0.294 bits per heavy atom. The third kappa shape index (κ3) is 70.0. The zero-order chi connectivity index (χ0) is 61.5. The Hall–Kier alpha value is -1.36. The molecule has 0 aliphatic heterocycles. The lowest BCUT2D eigenvalue weighted by atomic mass is 9.91. The van der Waals surface area contributed by atoms with Crippen LogP contribution in [0, 0.1) is 5.92 Å². The number of carboxylic acid groups (broad SMARTS) is 1. The number of ether oxygens (including phenoxy) is 1. The lowest BCUT2D eigenvalue weighted by Crippen LogP contribution is -2.28. The van der Waals surface area contributed by atoms with E-state index in [0.29, 0.717) is 19.3 Å². The van der Waals surface area contributed by atoms with Crippen molar-refractivity contribution in [3.63, 3.8) is 0 Å². The fraction of sp³-hybridized carbons (Fsp3) is 0.950. The van der Waals surface area contributed by atoms with Crippen molar-refractivity contribution >= 4 is 11.9 Å². The van der Waals surface area contributed by atoms with Crippen molar-refractivity contribution in [1.29, 1.82) is 0 Å². The van der Waals surface area contributed by atoms with Crippen LogP contribution < -0.4 is 0 Å². The number of hydrogen-bond acceptors (Lipinski definition) is 4. The van der Waals surface area contributed by atoms with E-state index in [0.717, 1.165) is 44.9 Å². The number of aliphatic carboxylic acids is 1. The van der Waals surface area contributed by atoms with E-state index in [4.69, 9.17) is 4.74 Å². The summed E-state index contributed by atoms with van der Waals surface area (Å²) in [5.41, 5.74) is 0. The van der Waals surface area contributed by atoms with E-state index < -0.39 is 18.0 Å². The summed E-state index contributed by atoms with van der Waals surface area (Å²) in [7, 11) is 0. The number of aliphatic hydroxyl groups is 1. The molecule has 5 nitrogen and oxygen atoms in total. The molecule has 0 aromatic heterocycles. The minimum atomic E-state index is -0.805. The molecule has 0 spiro atoms. The fourth-order valence-electron chi connectivity index (χ4n) is 13.2. The van der Waals surface area contributed by atoms with Crippen LogP contribution in [-0.2, 0) is 14.3 Å². The standard InChI is InChI=1S/C80H156O5/c1-4-6-8-10-12-14-16-18-20-22-23-24-32-35-38-41-45-49-53-57-61-65-69-73-77(80(83)84)78(81)74-70-66-62-58-54-50-46-42-39-36-33-30-28-26-25-27-29-31-34-37-40-43-47-51-55-59-63-67-71-75-79(82)85-76(3)72-68-64-60-56-52-48-44-21-19-17-15-13-11-9-7-5-2/h29,31,76-78,81H,4-28,30,32-75H2,1-3H3,(H,83,84)/b31-29+. The van der Waals surface area contributed by atoms with Gasteiger partial charge in [-0.2, -0.15) is 0 Å². The summed E-state index contributed by atoms with van der Waals surface area (Å²) < 4.78 is 5.72. The first kappa shape index (κ1) is 83.6. The summed E-state index contributed by atoms with van der Waals surface area (Å²) in [6.07, 6.45) is 96.0. The van der Waals surface area contributed by atoms with Crippen molar-refractivity contribution in [2.75, 3.05) is 0 Å². The van der Waals surface area contributed by atoms with Gasteiger partial charge in [0, 0.05) is 6.42 Å². The Morgan fingerprint density at radius 3 is 0.765 bits per heavy atom. The predicted molar refractivity (Wildman–Crippen MR) is 376 cm³/mol. The highest BCUT2D eigenvalue weighted by molar-refractivity contribution is 5.70. The van der Waals surface area contributed by atoms with Crippen LogP contribution in [-0.4, -0.2) is 34.4 Å². The largest absolute Gasteiger partial charge is 0.481 e. The van der Waals surface area contributed by atoms with Gasteiger partial charge in [0.2, 0.25) is 0 Å². The fourth-order valence-corrected chi connectivity index (χ4v) is 13.2. The Morgan fingerprint density at radius 2 is 0.506 bits per heavy atom. The van der Waals surface area contributed by atoms with Gasteiger partial charge < -0.3 is 14.9 Å². The van der Waals surface area contributed by atoms with Gasteiger partial charge in [-0.1, -0.05) is 411 Å². The maximum Gasteiger partial charge on any atom is 0.309 e. The molecule has 0 rings (SSSR count). The van der Waals surface area contributed by atoms with Crippen molar-refractivity contribution < 1.29 is 24.5 Å². The van der Waals surface area contributed by atoms with Crippen LogP contribution in [0.25, 0.3) is 0 Å². The molecule has 0 aromatic carbocycles. The number of hydrogen-bond donors (Lipinski definition) is 2. The third-order valence-corrected chi connectivity index (χ3v) is 19.2. The van der Waals surface area contributed by atoms with Gasteiger partial charge >= 0.3 is 11.9 Å². The minimum Gasteiger partial charge on any atom is -0.481 e. The van der Waals surface area contributed by atoms with Crippen molar-refractivity contribution in [3.8, 4) is 0 Å². The summed E-state index contributed by atoms with van der Waals surface area (Å²) in [4.78, 5) is 24.3. The van der Waals surface area contributed by atoms with Crippen LogP contribution in [0.15, 0.2) is 12.2 Å². The number of aliphatic hydroxyl groups excluding tert-OH is 1. The smallest absolute Gasteiger partial charge is 0.309 e. The van der Waals surface area contributed by atoms with Gasteiger partial charge in [0.1, 0.15) is 0 Å². The Bertz CT molecular complexity index is 1300. The molecular formula is C80H156O5. The molecule has 5 heteroatoms. The molecule has 0 radical (unpaired) electrons. The van der Waals surface area contributed by atoms with Crippen molar-refractivity contribution in [3.05, 3.63) is 12.2 Å². The predicted octanol–water partition coefficient (Wildman–Crippen LogP) is 27.9. The Labute approximate surface area is 534 Å². The molecule has 506 valence electrons. The van der Waals surface area contributed by atoms with Gasteiger partial charge in [-0.05, 0) is 64.7 Å². The second kappa shape index (κ2) is 73.4. The van der Waals surface area contributed by atoms with Crippen LogP contribution in [0.4, 0.5) is 0 Å². The summed E-state index contributed by atoms with van der Waals surface area (Å²) in [6, 6.07) is 0. The number of esters is 1. The van der Waals surface area contributed by atoms with Gasteiger partial charge in [0.15, 0.2) is 0 Å². The van der Waals surface area contributed by atoms with E-state index >= 15 is 0 Å². The average molecular weight is 1200 g/mol. The molecule has 0 saturated heterocycles. The normalized spacial score (nSPS) is 12.9. The first-order chi connectivity index (χ1) is 41.9. The summed E-state index contributed by atoms with van der Waals surface area (Å²) >= 11 is 0. The second-order valence-electron chi connectivity index (χ2n) is 27.9. The average Bonchev–Trinajstić information content (AvgIpc) is 3.50. The summed E-state index contributed by atoms with van der Waals surface area (Å²) in [6.45, 7) is 6.68. The topological polar surface area (TPSA) is 83.8 Å². The molecule has 0 aliphatic carbocycles. The van der Waals surface area contributed by atoms with Gasteiger partial charge in [0.25, 0.3) is 0 Å². The van der Waals surface area contributed by atoms with Gasteiger partial charge in [-0.15, -0.1) is 0 Å². The van der Waals surface area contributed by atoms with Crippen LogP contribution in [0.5, 0.6) is 0 Å². The van der Waals surface area contributed by atoms with E-state index in [1.807, 2.05) is 0 Å². The molecule has 0 aliphatic rings. The quantitative estimate of drug-likeness (QED) is 0.0360. The molecular weight excluding hydrogens is 1040 g/mol. The first-order valence-corrected chi connectivity index (χ1v) is 39.7. The maximum atomic E-state index is 12.3. The second-order valence-corrected chi connectivity index (χ2v) is 27.9. The minimum absolute atomic E-state index is 0.0185. The van der Waals surface area contributed by atoms with Crippen LogP contribution in [0.2, 0.25) is 0 Å². The lowest BCUT2D eigenvalue weighted by molar-refractivity contribution is -0.149. The van der Waals surface area contributed by atoms with E-state index in [9.17, 15) is 19.8 Å². The summed E-state index contributed by atoms with van der Waals surface area (Å²) in [5.74, 6) is -1.38. The Balaban J connectivity index is 3.40. The third-order valence-electron chi connectivity index (χ3n) is 19.2. The molecule has 0 bridgehead atoms. The van der Waals surface area contributed by atoms with E-state index in [-0.39, 0.29) is 12.1 Å². The van der Waals surface area contributed by atoms with E-state index in [1.165, 1.54) is 385 Å². The zero-order valence-electron chi connectivity index (χ0n) is 58.5. The molecule has 85 heavy (non-hydrogen) atoms. The molecule has 0 fully saturated rings. The molecule has 3 unspecified atom stereocenters. The monoisotopic (exact) mass is 1200 g/mol.